The molecule has 0 bridgehead atoms. The Labute approximate surface area is 154 Å². The second-order valence-corrected chi connectivity index (χ2v) is 6.29. The Morgan fingerprint density at radius 3 is 2.25 bits per heavy atom. The Morgan fingerprint density at radius 2 is 1.62 bits per heavy atom. The lowest BCUT2D eigenvalue weighted by atomic mass is 10.1. The summed E-state index contributed by atoms with van der Waals surface area (Å²) >= 11 is 2.20. The van der Waals surface area contributed by atoms with Gasteiger partial charge in [0.25, 0.3) is 0 Å². The average Bonchev–Trinajstić information content (AvgIpc) is 2.61. The number of ether oxygens (including phenoxy) is 2. The van der Waals surface area contributed by atoms with Crippen LogP contribution in [0.3, 0.4) is 0 Å². The number of amides is 1. The molecule has 0 radical (unpaired) electrons. The van der Waals surface area contributed by atoms with E-state index in [0.29, 0.717) is 17.1 Å². The van der Waals surface area contributed by atoms with Gasteiger partial charge in [0.05, 0.1) is 14.2 Å². The summed E-state index contributed by atoms with van der Waals surface area (Å²) in [6, 6.07) is 12.4. The predicted molar refractivity (Wildman–Crippen MR) is 101 cm³/mol. The van der Waals surface area contributed by atoms with Gasteiger partial charge in [-0.05, 0) is 65.1 Å². The maximum absolute atomic E-state index is 12.2. The van der Waals surface area contributed by atoms with E-state index in [9.17, 15) is 9.59 Å². The van der Waals surface area contributed by atoms with Crippen molar-refractivity contribution in [3.05, 3.63) is 51.6 Å². The number of carbonyl (C=O) groups is 2. The van der Waals surface area contributed by atoms with Crippen LogP contribution in [-0.4, -0.2) is 25.9 Å². The van der Waals surface area contributed by atoms with Gasteiger partial charge in [-0.25, -0.2) is 0 Å². The van der Waals surface area contributed by atoms with Crippen molar-refractivity contribution in [3.8, 4) is 11.5 Å². The number of ketones is 1. The maximum atomic E-state index is 12.2. The van der Waals surface area contributed by atoms with Crippen molar-refractivity contribution in [2.75, 3.05) is 19.5 Å². The number of nitrogens with one attached hydrogen (secondary N) is 1. The van der Waals surface area contributed by atoms with Crippen molar-refractivity contribution in [2.45, 2.75) is 12.8 Å². The molecule has 2 aromatic carbocycles. The molecular formula is C18H18INO4. The van der Waals surface area contributed by atoms with Gasteiger partial charge in [-0.15, -0.1) is 0 Å². The summed E-state index contributed by atoms with van der Waals surface area (Å²) in [5, 5.41) is 2.78. The van der Waals surface area contributed by atoms with Crippen molar-refractivity contribution < 1.29 is 19.1 Å². The maximum Gasteiger partial charge on any atom is 0.224 e. The Hall–Kier alpha value is -2.09. The molecule has 0 aliphatic carbocycles. The summed E-state index contributed by atoms with van der Waals surface area (Å²) in [5.74, 6) is 0.746. The number of hydrogen-bond donors (Lipinski definition) is 1. The highest BCUT2D eigenvalue weighted by molar-refractivity contribution is 14.1. The zero-order valence-corrected chi connectivity index (χ0v) is 15.6. The number of hydrogen-bond acceptors (Lipinski definition) is 4. The SMILES string of the molecule is COc1ccc(C(=O)CCC(=O)Nc2ccc(I)cc2)cc1OC. The van der Waals surface area contributed by atoms with Gasteiger partial charge >= 0.3 is 0 Å². The minimum absolute atomic E-state index is 0.117. The Bertz CT molecular complexity index is 728. The molecule has 0 heterocycles. The first-order valence-corrected chi connectivity index (χ1v) is 8.42. The van der Waals surface area contributed by atoms with Crippen LogP contribution in [0.1, 0.15) is 23.2 Å². The second-order valence-electron chi connectivity index (χ2n) is 5.05. The molecular weight excluding hydrogens is 421 g/mol. The second kappa shape index (κ2) is 8.68. The van der Waals surface area contributed by atoms with Gasteiger partial charge < -0.3 is 14.8 Å². The van der Waals surface area contributed by atoms with Crippen LogP contribution in [-0.2, 0) is 4.79 Å². The van der Waals surface area contributed by atoms with Crippen molar-refractivity contribution in [2.24, 2.45) is 0 Å². The molecule has 0 aliphatic rings. The lowest BCUT2D eigenvalue weighted by Crippen LogP contribution is -2.13. The summed E-state index contributed by atoms with van der Waals surface area (Å²) in [6.07, 6.45) is 0.255. The summed E-state index contributed by atoms with van der Waals surface area (Å²) in [6.45, 7) is 0. The number of benzene rings is 2. The van der Waals surface area contributed by atoms with Gasteiger partial charge in [-0.1, -0.05) is 0 Å². The number of Topliss-reactive ketones (excluding diaryl/α,β-unsaturated/α-hetero) is 1. The van der Waals surface area contributed by atoms with Gasteiger partial charge in [0.15, 0.2) is 17.3 Å². The van der Waals surface area contributed by atoms with Gasteiger partial charge in [-0.3, -0.25) is 9.59 Å². The van der Waals surface area contributed by atoms with Crippen LogP contribution in [0.15, 0.2) is 42.5 Å². The largest absolute Gasteiger partial charge is 0.493 e. The van der Waals surface area contributed by atoms with E-state index in [1.54, 1.807) is 18.2 Å². The molecule has 0 aromatic heterocycles. The normalized spacial score (nSPS) is 10.1. The van der Waals surface area contributed by atoms with Crippen LogP contribution in [0.5, 0.6) is 11.5 Å². The predicted octanol–water partition coefficient (Wildman–Crippen LogP) is 3.91. The van der Waals surface area contributed by atoms with Crippen LogP contribution < -0.4 is 14.8 Å². The molecule has 0 aliphatic heterocycles. The lowest BCUT2D eigenvalue weighted by Gasteiger charge is -2.09. The molecule has 1 N–H and O–H groups in total. The highest BCUT2D eigenvalue weighted by atomic mass is 127. The van der Waals surface area contributed by atoms with E-state index < -0.39 is 0 Å². The Balaban J connectivity index is 1.92. The van der Waals surface area contributed by atoms with E-state index in [0.717, 1.165) is 9.26 Å². The highest BCUT2D eigenvalue weighted by Gasteiger charge is 2.12. The quantitative estimate of drug-likeness (QED) is 0.525. The first-order valence-electron chi connectivity index (χ1n) is 7.34. The number of rotatable bonds is 7. The van der Waals surface area contributed by atoms with E-state index in [1.807, 2.05) is 24.3 Å². The van der Waals surface area contributed by atoms with Gasteiger partial charge in [0.1, 0.15) is 0 Å². The van der Waals surface area contributed by atoms with E-state index in [2.05, 4.69) is 27.9 Å². The highest BCUT2D eigenvalue weighted by Crippen LogP contribution is 2.28. The van der Waals surface area contributed by atoms with Gasteiger partial charge in [-0.2, -0.15) is 0 Å². The van der Waals surface area contributed by atoms with E-state index in [-0.39, 0.29) is 24.5 Å². The summed E-state index contributed by atoms with van der Waals surface area (Å²) in [5.41, 5.74) is 1.22. The number of carbonyl (C=O) groups excluding carboxylic acids is 2. The molecule has 5 nitrogen and oxygen atoms in total. The minimum atomic E-state index is -0.190. The first kappa shape index (κ1) is 18.3. The van der Waals surface area contributed by atoms with E-state index in [1.165, 1.54) is 14.2 Å². The molecule has 0 unspecified atom stereocenters. The van der Waals surface area contributed by atoms with Crippen LogP contribution in [0.25, 0.3) is 0 Å². The third kappa shape index (κ3) is 4.95. The van der Waals surface area contributed by atoms with Gasteiger partial charge in [0.2, 0.25) is 5.91 Å². The van der Waals surface area contributed by atoms with E-state index >= 15 is 0 Å². The molecule has 2 aromatic rings. The molecule has 24 heavy (non-hydrogen) atoms. The topological polar surface area (TPSA) is 64.6 Å². The first-order chi connectivity index (χ1) is 11.5. The van der Waals surface area contributed by atoms with Crippen molar-refractivity contribution in [1.82, 2.24) is 0 Å². The zero-order valence-electron chi connectivity index (χ0n) is 13.5. The molecule has 126 valence electrons. The third-order valence-corrected chi connectivity index (χ3v) is 4.13. The fourth-order valence-electron chi connectivity index (χ4n) is 2.14. The Morgan fingerprint density at radius 1 is 0.958 bits per heavy atom. The molecule has 0 atom stereocenters. The fourth-order valence-corrected chi connectivity index (χ4v) is 2.50. The minimum Gasteiger partial charge on any atom is -0.493 e. The standard InChI is InChI=1S/C18H18INO4/c1-23-16-9-3-12(11-17(16)24-2)15(21)8-10-18(22)20-14-6-4-13(19)5-7-14/h3-7,9,11H,8,10H2,1-2H3,(H,20,22). The van der Waals surface area contributed by atoms with Crippen LogP contribution >= 0.6 is 22.6 Å². The molecule has 0 saturated carbocycles. The zero-order chi connectivity index (χ0) is 17.5. The molecule has 0 spiro atoms. The smallest absolute Gasteiger partial charge is 0.224 e. The molecule has 0 saturated heterocycles. The van der Waals surface area contributed by atoms with Crippen molar-refractivity contribution >= 4 is 40.0 Å². The van der Waals surface area contributed by atoms with Crippen LogP contribution in [0, 0.1) is 3.57 Å². The number of halogens is 1. The third-order valence-electron chi connectivity index (χ3n) is 3.41. The summed E-state index contributed by atoms with van der Waals surface area (Å²) in [4.78, 5) is 24.2. The summed E-state index contributed by atoms with van der Waals surface area (Å²) in [7, 11) is 3.05. The van der Waals surface area contributed by atoms with E-state index in [4.69, 9.17) is 9.47 Å². The molecule has 2 rings (SSSR count). The van der Waals surface area contributed by atoms with Gasteiger partial charge in [0, 0.05) is 27.7 Å². The number of anilines is 1. The average molecular weight is 439 g/mol. The fraction of sp³-hybridized carbons (Fsp3) is 0.222. The molecule has 6 heteroatoms. The summed E-state index contributed by atoms with van der Waals surface area (Å²) < 4.78 is 11.4. The molecule has 0 fully saturated rings. The van der Waals surface area contributed by atoms with Crippen molar-refractivity contribution in [1.29, 1.82) is 0 Å². The van der Waals surface area contributed by atoms with Crippen LogP contribution in [0.4, 0.5) is 5.69 Å². The number of methoxy groups -OCH3 is 2. The Kier molecular flexibility index (Phi) is 6.60. The molecule has 1 amide bonds. The van der Waals surface area contributed by atoms with Crippen molar-refractivity contribution in [3.63, 3.8) is 0 Å². The van der Waals surface area contributed by atoms with Crippen LogP contribution in [0.2, 0.25) is 0 Å². The lowest BCUT2D eigenvalue weighted by molar-refractivity contribution is -0.116. The monoisotopic (exact) mass is 439 g/mol.